The van der Waals surface area contributed by atoms with Crippen molar-refractivity contribution in [1.29, 1.82) is 0 Å². The average molecular weight is 196 g/mol. The summed E-state index contributed by atoms with van der Waals surface area (Å²) in [6.07, 6.45) is 1.55. The van der Waals surface area contributed by atoms with E-state index in [0.29, 0.717) is 4.83 Å². The number of imidazole rings is 1. The molecule has 1 N–H and O–H groups in total. The number of aryl methyl sites for hydroxylation is 2. The van der Waals surface area contributed by atoms with Crippen LogP contribution in [0, 0.1) is 13.8 Å². The molecule has 0 aliphatic rings. The van der Waals surface area contributed by atoms with Crippen molar-refractivity contribution in [2.24, 2.45) is 0 Å². The Morgan fingerprint density at radius 3 is 2.92 bits per heavy atom. The number of carboxylic acid groups (broad SMARTS) is 1. The molecule has 0 atom stereocenters. The number of thiazole rings is 1. The predicted molar refractivity (Wildman–Crippen MR) is 49.5 cm³/mol. The Kier molecular flexibility index (Phi) is 1.63. The van der Waals surface area contributed by atoms with Crippen LogP contribution in [-0.2, 0) is 0 Å². The summed E-state index contributed by atoms with van der Waals surface area (Å²) in [5.74, 6) is -0.969. The van der Waals surface area contributed by atoms with Crippen molar-refractivity contribution in [2.45, 2.75) is 13.8 Å². The monoisotopic (exact) mass is 196 g/mol. The van der Waals surface area contributed by atoms with Crippen LogP contribution in [0.4, 0.5) is 0 Å². The van der Waals surface area contributed by atoms with Gasteiger partial charge in [-0.1, -0.05) is 0 Å². The minimum absolute atomic E-state index is 0.140. The third kappa shape index (κ3) is 1.04. The van der Waals surface area contributed by atoms with Crippen LogP contribution in [0.1, 0.15) is 21.1 Å². The summed E-state index contributed by atoms with van der Waals surface area (Å²) in [5, 5.41) is 8.80. The second kappa shape index (κ2) is 2.56. The van der Waals surface area contributed by atoms with Crippen LogP contribution in [0.25, 0.3) is 4.83 Å². The lowest BCUT2D eigenvalue weighted by molar-refractivity contribution is 0.0693. The van der Waals surface area contributed by atoms with Gasteiger partial charge in [-0.15, -0.1) is 11.3 Å². The van der Waals surface area contributed by atoms with Crippen LogP contribution < -0.4 is 0 Å². The van der Waals surface area contributed by atoms with E-state index in [1.807, 2.05) is 18.2 Å². The van der Waals surface area contributed by atoms with Crippen molar-refractivity contribution in [3.05, 3.63) is 22.6 Å². The summed E-state index contributed by atoms with van der Waals surface area (Å²) in [6, 6.07) is 0. The van der Waals surface area contributed by atoms with Gasteiger partial charge in [0.25, 0.3) is 0 Å². The molecule has 0 saturated carbocycles. The first-order valence-corrected chi connectivity index (χ1v) is 4.59. The molecule has 2 rings (SSSR count). The van der Waals surface area contributed by atoms with E-state index in [1.54, 1.807) is 6.33 Å². The molecular weight excluding hydrogens is 188 g/mol. The van der Waals surface area contributed by atoms with Gasteiger partial charge in [0.1, 0.15) is 11.2 Å². The van der Waals surface area contributed by atoms with E-state index < -0.39 is 5.97 Å². The Hall–Kier alpha value is -1.36. The molecule has 0 radical (unpaired) electrons. The fourth-order valence-corrected chi connectivity index (χ4v) is 2.26. The largest absolute Gasteiger partial charge is 0.476 e. The molecule has 0 spiro atoms. The lowest BCUT2D eigenvalue weighted by Crippen LogP contribution is -1.95. The maximum Gasteiger partial charge on any atom is 0.357 e. The summed E-state index contributed by atoms with van der Waals surface area (Å²) < 4.78 is 1.81. The molecule has 0 amide bonds. The maximum absolute atomic E-state index is 10.7. The molecule has 0 aromatic carbocycles. The Labute approximate surface area is 78.5 Å². The zero-order chi connectivity index (χ0) is 9.59. The van der Waals surface area contributed by atoms with Crippen LogP contribution >= 0.6 is 11.3 Å². The van der Waals surface area contributed by atoms with Gasteiger partial charge in [-0.05, 0) is 13.8 Å². The standard InChI is InChI=1S/C8H8N2O2S/c1-4-5(2)13-7-6(8(11)12)9-3-10(4)7/h3H,1-2H3,(H,11,12). The van der Waals surface area contributed by atoms with E-state index in [0.717, 1.165) is 10.6 Å². The number of hydrogen-bond donors (Lipinski definition) is 1. The third-order valence-corrected chi connectivity index (χ3v) is 3.23. The van der Waals surface area contributed by atoms with E-state index in [1.165, 1.54) is 11.3 Å². The minimum Gasteiger partial charge on any atom is -0.476 e. The van der Waals surface area contributed by atoms with Gasteiger partial charge in [0.2, 0.25) is 0 Å². The Morgan fingerprint density at radius 1 is 1.62 bits per heavy atom. The molecule has 2 aromatic heterocycles. The minimum atomic E-state index is -0.969. The van der Waals surface area contributed by atoms with Crippen LogP contribution in [0.5, 0.6) is 0 Å². The number of nitrogens with zero attached hydrogens (tertiary/aromatic N) is 2. The van der Waals surface area contributed by atoms with Gasteiger partial charge < -0.3 is 5.11 Å². The lowest BCUT2D eigenvalue weighted by atomic mass is 10.4. The quantitative estimate of drug-likeness (QED) is 0.755. The molecule has 2 heterocycles. The zero-order valence-electron chi connectivity index (χ0n) is 7.24. The van der Waals surface area contributed by atoms with Crippen LogP contribution in [0.2, 0.25) is 0 Å². The number of aromatic nitrogens is 2. The van der Waals surface area contributed by atoms with Gasteiger partial charge in [0.15, 0.2) is 5.69 Å². The summed E-state index contributed by atoms with van der Waals surface area (Å²) in [7, 11) is 0. The molecule has 68 valence electrons. The third-order valence-electron chi connectivity index (χ3n) is 2.05. The van der Waals surface area contributed by atoms with Crippen molar-refractivity contribution in [2.75, 3.05) is 0 Å². The highest BCUT2D eigenvalue weighted by Crippen LogP contribution is 2.24. The zero-order valence-corrected chi connectivity index (χ0v) is 8.05. The van der Waals surface area contributed by atoms with Gasteiger partial charge in [0, 0.05) is 10.6 Å². The molecular formula is C8H8N2O2S. The average Bonchev–Trinajstić information content (AvgIpc) is 2.55. The second-order valence-corrected chi connectivity index (χ2v) is 4.02. The Morgan fingerprint density at radius 2 is 2.31 bits per heavy atom. The molecule has 2 aromatic rings. The van der Waals surface area contributed by atoms with Gasteiger partial charge in [-0.3, -0.25) is 4.40 Å². The molecule has 0 unspecified atom stereocenters. The molecule has 0 saturated heterocycles. The lowest BCUT2D eigenvalue weighted by Gasteiger charge is -1.87. The van der Waals surface area contributed by atoms with Gasteiger partial charge in [-0.25, -0.2) is 9.78 Å². The van der Waals surface area contributed by atoms with Crippen LogP contribution in [-0.4, -0.2) is 20.5 Å². The first-order chi connectivity index (χ1) is 6.11. The number of fused-ring (bicyclic) bond motifs is 1. The summed E-state index contributed by atoms with van der Waals surface area (Å²) >= 11 is 1.46. The number of rotatable bonds is 1. The molecule has 4 nitrogen and oxygen atoms in total. The van der Waals surface area contributed by atoms with E-state index >= 15 is 0 Å². The van der Waals surface area contributed by atoms with E-state index in [9.17, 15) is 4.79 Å². The highest BCUT2D eigenvalue weighted by atomic mass is 32.1. The van der Waals surface area contributed by atoms with E-state index in [4.69, 9.17) is 5.11 Å². The highest BCUT2D eigenvalue weighted by Gasteiger charge is 2.15. The number of hydrogen-bond acceptors (Lipinski definition) is 3. The maximum atomic E-state index is 10.7. The van der Waals surface area contributed by atoms with Crippen molar-refractivity contribution in [3.8, 4) is 0 Å². The molecule has 13 heavy (non-hydrogen) atoms. The Bertz CT molecular complexity index is 484. The van der Waals surface area contributed by atoms with Crippen LogP contribution in [0.15, 0.2) is 6.33 Å². The highest BCUT2D eigenvalue weighted by molar-refractivity contribution is 7.17. The fraction of sp³-hybridized carbons (Fsp3) is 0.250. The predicted octanol–water partition coefficient (Wildman–Crippen LogP) is 1.71. The van der Waals surface area contributed by atoms with E-state index in [2.05, 4.69) is 4.98 Å². The number of carboxylic acids is 1. The first kappa shape index (κ1) is 8.25. The second-order valence-electron chi connectivity index (χ2n) is 2.82. The molecule has 0 fully saturated rings. The van der Waals surface area contributed by atoms with Gasteiger partial charge >= 0.3 is 5.97 Å². The van der Waals surface area contributed by atoms with E-state index in [-0.39, 0.29) is 5.69 Å². The molecule has 0 bridgehead atoms. The number of aromatic carboxylic acids is 1. The van der Waals surface area contributed by atoms with Gasteiger partial charge in [0.05, 0.1) is 0 Å². The first-order valence-electron chi connectivity index (χ1n) is 3.77. The van der Waals surface area contributed by atoms with Crippen molar-refractivity contribution in [1.82, 2.24) is 9.38 Å². The van der Waals surface area contributed by atoms with Crippen molar-refractivity contribution in [3.63, 3.8) is 0 Å². The molecule has 0 aliphatic heterocycles. The Balaban J connectivity index is 2.82. The molecule has 0 aliphatic carbocycles. The van der Waals surface area contributed by atoms with Crippen molar-refractivity contribution < 1.29 is 9.90 Å². The fourth-order valence-electron chi connectivity index (χ4n) is 1.21. The van der Waals surface area contributed by atoms with Crippen LogP contribution in [0.3, 0.4) is 0 Å². The number of carbonyl (C=O) groups is 1. The molecule has 5 heteroatoms. The topological polar surface area (TPSA) is 54.6 Å². The summed E-state index contributed by atoms with van der Waals surface area (Å²) in [6.45, 7) is 3.92. The summed E-state index contributed by atoms with van der Waals surface area (Å²) in [5.41, 5.74) is 1.20. The normalized spacial score (nSPS) is 10.9. The smallest absolute Gasteiger partial charge is 0.357 e. The van der Waals surface area contributed by atoms with Crippen molar-refractivity contribution >= 4 is 22.1 Å². The van der Waals surface area contributed by atoms with Gasteiger partial charge in [-0.2, -0.15) is 0 Å². The summed E-state index contributed by atoms with van der Waals surface area (Å²) in [4.78, 5) is 16.4. The SMILES string of the molecule is Cc1sc2c(C(=O)O)ncn2c1C.